The van der Waals surface area contributed by atoms with Crippen molar-refractivity contribution in [2.45, 2.75) is 19.2 Å². The van der Waals surface area contributed by atoms with Crippen molar-refractivity contribution in [2.24, 2.45) is 5.92 Å². The number of nitrogens with zero attached hydrogens (tertiary/aromatic N) is 6. The third-order valence-electron chi connectivity index (χ3n) is 5.38. The second-order valence-electron chi connectivity index (χ2n) is 7.65. The topological polar surface area (TPSA) is 97.5 Å². The molecule has 0 radical (unpaired) electrons. The summed E-state index contributed by atoms with van der Waals surface area (Å²) in [5.74, 6) is -0.434. The minimum Gasteiger partial charge on any atom is -0.378 e. The molecule has 2 fully saturated rings. The van der Waals surface area contributed by atoms with E-state index in [9.17, 15) is 13.6 Å². The van der Waals surface area contributed by atoms with Crippen molar-refractivity contribution >= 4 is 33.8 Å². The number of anilines is 2. The van der Waals surface area contributed by atoms with Crippen molar-refractivity contribution in [1.82, 2.24) is 24.6 Å². The van der Waals surface area contributed by atoms with Crippen LogP contribution in [-0.4, -0.2) is 56.6 Å². The van der Waals surface area contributed by atoms with Gasteiger partial charge in [-0.2, -0.15) is 0 Å². The highest BCUT2D eigenvalue weighted by Crippen LogP contribution is 2.34. The fraction of sp³-hybridized carbons (Fsp3) is 0.348. The third kappa shape index (κ3) is 3.81. The summed E-state index contributed by atoms with van der Waals surface area (Å²) >= 11 is 0. The van der Waals surface area contributed by atoms with Gasteiger partial charge in [0, 0.05) is 47.6 Å². The van der Waals surface area contributed by atoms with Crippen LogP contribution in [0.15, 0.2) is 36.8 Å². The van der Waals surface area contributed by atoms with Crippen LogP contribution in [0.2, 0.25) is 0 Å². The quantitative estimate of drug-likeness (QED) is 0.473. The van der Waals surface area contributed by atoms with Crippen molar-refractivity contribution in [3.05, 3.63) is 42.5 Å². The second-order valence-corrected chi connectivity index (χ2v) is 7.65. The fourth-order valence-electron chi connectivity index (χ4n) is 3.54. The van der Waals surface area contributed by atoms with E-state index in [1.54, 1.807) is 0 Å². The molecule has 6 rings (SSSR count). The molecule has 2 aliphatic rings. The first-order valence-electron chi connectivity index (χ1n) is 14.7. The Kier molecular flexibility index (Phi) is 3.21. The predicted octanol–water partition coefficient (Wildman–Crippen LogP) is 3.46. The molecule has 11 heteroatoms. The third-order valence-corrected chi connectivity index (χ3v) is 5.38. The van der Waals surface area contributed by atoms with Gasteiger partial charge in [0.25, 0.3) is 6.40 Å². The molecular weight excluding hydrogens is 444 g/mol. The van der Waals surface area contributed by atoms with E-state index in [-0.39, 0.29) is 56.0 Å². The Labute approximate surface area is 205 Å². The Bertz CT molecular complexity index is 1770. The Hall–Kier alpha value is -3.73. The lowest BCUT2D eigenvalue weighted by Crippen LogP contribution is -2.36. The Morgan fingerprint density at radius 2 is 2.03 bits per heavy atom. The minimum atomic E-state index is -4.08. The highest BCUT2D eigenvalue weighted by atomic mass is 19.3. The number of ether oxygens (including phenoxy) is 1. The minimum absolute atomic E-state index is 0.0705. The lowest BCUT2D eigenvalue weighted by molar-refractivity contribution is -0.117. The molecule has 1 aliphatic carbocycles. The van der Waals surface area contributed by atoms with Gasteiger partial charge < -0.3 is 15.0 Å². The van der Waals surface area contributed by atoms with Crippen LogP contribution < -0.4 is 10.2 Å². The molecule has 5 heterocycles. The Balaban J connectivity index is 1.47. The molecule has 0 spiro atoms. The molecule has 4 aromatic rings. The van der Waals surface area contributed by atoms with Gasteiger partial charge in [-0.3, -0.25) is 9.78 Å². The smallest absolute Gasteiger partial charge is 0.281 e. The fourth-order valence-corrected chi connectivity index (χ4v) is 3.54. The van der Waals surface area contributed by atoms with Crippen molar-refractivity contribution in [2.75, 3.05) is 36.3 Å². The zero-order valence-electron chi connectivity index (χ0n) is 26.2. The van der Waals surface area contributed by atoms with Crippen LogP contribution in [0.3, 0.4) is 0 Å². The summed E-state index contributed by atoms with van der Waals surface area (Å²) in [6.45, 7) is -12.9. The number of carbonyl (C=O) groups excluding carboxylic acids is 1. The zero-order chi connectivity index (χ0) is 31.3. The maximum atomic E-state index is 14.1. The predicted molar refractivity (Wildman–Crippen MR) is 121 cm³/mol. The van der Waals surface area contributed by atoms with Crippen LogP contribution in [-0.2, 0) is 9.53 Å². The first-order valence-corrected chi connectivity index (χ1v) is 10.2. The van der Waals surface area contributed by atoms with Gasteiger partial charge in [0.15, 0.2) is 11.5 Å². The average molecular weight is 475 g/mol. The van der Waals surface area contributed by atoms with Crippen molar-refractivity contribution in [3.63, 3.8) is 0 Å². The summed E-state index contributed by atoms with van der Waals surface area (Å²) in [6.07, 6.45) is 0.558. The lowest BCUT2D eigenvalue weighted by Gasteiger charge is -2.28. The molecule has 0 atom stereocenters. The van der Waals surface area contributed by atoms with Crippen LogP contribution >= 0.6 is 0 Å². The SMILES string of the molecule is [2H]C(F)(F)c1ncc(-c2nc3ccc(N4C([2H])([2H])C([2H])([2H])OC([2H])([2H])C4([2H])[2H])cn3n2)c2cc(NC(=O)C3CC3)ncc12. The van der Waals surface area contributed by atoms with Gasteiger partial charge in [-0.1, -0.05) is 0 Å². The molecule has 1 N–H and O–H groups in total. The summed E-state index contributed by atoms with van der Waals surface area (Å²) in [5, 5.41) is 6.84. The van der Waals surface area contributed by atoms with Crippen molar-refractivity contribution < 1.29 is 30.6 Å². The number of hydrogen-bond donors (Lipinski definition) is 1. The van der Waals surface area contributed by atoms with E-state index in [4.69, 9.17) is 12.3 Å². The normalized spacial score (nSPS) is 26.6. The number of pyridine rings is 3. The molecule has 174 valence electrons. The van der Waals surface area contributed by atoms with Gasteiger partial charge in [0.2, 0.25) is 5.91 Å². The first-order chi connectivity index (χ1) is 19.8. The van der Waals surface area contributed by atoms with E-state index in [0.29, 0.717) is 0 Å². The largest absolute Gasteiger partial charge is 0.378 e. The highest BCUT2D eigenvalue weighted by molar-refractivity contribution is 6.00. The highest BCUT2D eigenvalue weighted by Gasteiger charge is 2.30. The number of aromatic nitrogens is 5. The van der Waals surface area contributed by atoms with Gasteiger partial charge in [-0.05, 0) is 31.0 Å². The monoisotopic (exact) mass is 474 g/mol. The van der Waals surface area contributed by atoms with Crippen LogP contribution in [0.4, 0.5) is 20.3 Å². The molecule has 1 saturated carbocycles. The molecule has 1 saturated heterocycles. The van der Waals surface area contributed by atoms with E-state index >= 15 is 0 Å². The number of rotatable bonds is 5. The van der Waals surface area contributed by atoms with Crippen LogP contribution in [0.1, 0.15) is 37.3 Å². The van der Waals surface area contributed by atoms with E-state index in [1.165, 1.54) is 18.2 Å². The number of halogens is 2. The number of fused-ring (bicyclic) bond motifs is 2. The Morgan fingerprint density at radius 1 is 1.21 bits per heavy atom. The zero-order valence-corrected chi connectivity index (χ0v) is 17.2. The molecule has 0 aromatic carbocycles. The van der Waals surface area contributed by atoms with E-state index in [1.807, 2.05) is 0 Å². The van der Waals surface area contributed by atoms with Gasteiger partial charge >= 0.3 is 0 Å². The average Bonchev–Trinajstić information content (AvgIpc) is 3.65. The summed E-state index contributed by atoms with van der Waals surface area (Å²) in [7, 11) is 0. The number of hydrogen-bond acceptors (Lipinski definition) is 7. The van der Waals surface area contributed by atoms with Crippen molar-refractivity contribution in [1.29, 1.82) is 0 Å². The van der Waals surface area contributed by atoms with Crippen LogP contribution in [0.5, 0.6) is 0 Å². The maximum absolute atomic E-state index is 14.1. The van der Waals surface area contributed by atoms with E-state index < -0.39 is 38.2 Å². The molecule has 34 heavy (non-hydrogen) atoms. The van der Waals surface area contributed by atoms with E-state index in [0.717, 1.165) is 35.9 Å². The van der Waals surface area contributed by atoms with Gasteiger partial charge in [0.1, 0.15) is 12.9 Å². The summed E-state index contributed by atoms with van der Waals surface area (Å²) in [4.78, 5) is 24.7. The maximum Gasteiger partial charge on any atom is 0.281 e. The van der Waals surface area contributed by atoms with Gasteiger partial charge in [-0.15, -0.1) is 5.10 Å². The molecule has 0 unspecified atom stereocenters. The summed E-state index contributed by atoms with van der Waals surface area (Å²) in [6, 6.07) is 3.82. The number of morpholine rings is 1. The Morgan fingerprint density at radius 3 is 2.79 bits per heavy atom. The molecule has 1 amide bonds. The lowest BCUT2D eigenvalue weighted by atomic mass is 10.1. The van der Waals surface area contributed by atoms with E-state index in [2.05, 4.69) is 30.1 Å². The van der Waals surface area contributed by atoms with Crippen molar-refractivity contribution in [3.8, 4) is 11.4 Å². The van der Waals surface area contributed by atoms with Gasteiger partial charge in [0.05, 0.1) is 36.0 Å². The molecular formula is C23H21F2N7O2. The molecule has 0 bridgehead atoms. The molecule has 4 aromatic heterocycles. The van der Waals surface area contributed by atoms with Crippen LogP contribution in [0.25, 0.3) is 27.8 Å². The standard InChI is InChI=1S/C23H21F2N7O2/c24-21(25)20-16-10-26-18(28-23(33)13-1-2-13)9-15(16)17(11-27-20)22-29-19-4-3-14(12-32(19)30-22)31-5-7-34-8-6-31/h3-4,9-13,21H,1-2,5-8H2,(H,26,28,33)/i5D2,6D2,7D2,8D2,21D. The first kappa shape index (κ1) is 13.2. The summed E-state index contributed by atoms with van der Waals surface area (Å²) in [5.41, 5.74) is -0.956. The molecule has 1 aliphatic heterocycles. The number of carbonyl (C=O) groups is 1. The number of amides is 1. The number of alkyl halides is 2. The molecule has 9 nitrogen and oxygen atoms in total. The van der Waals surface area contributed by atoms with Gasteiger partial charge in [-0.25, -0.2) is 23.3 Å². The summed E-state index contributed by atoms with van der Waals surface area (Å²) < 4.78 is 106. The number of nitrogens with one attached hydrogen (secondary N) is 1. The van der Waals surface area contributed by atoms with Crippen LogP contribution in [0, 0.1) is 5.92 Å². The second kappa shape index (κ2) is 8.24.